The molecule has 0 unspecified atom stereocenters. The molecule has 0 amide bonds. The van der Waals surface area contributed by atoms with Gasteiger partial charge >= 0.3 is 0 Å². The Labute approximate surface area is 106 Å². The maximum absolute atomic E-state index is 11.7. The lowest BCUT2D eigenvalue weighted by Crippen LogP contribution is -2.35. The Morgan fingerprint density at radius 3 is 2.44 bits per heavy atom. The van der Waals surface area contributed by atoms with Crippen LogP contribution in [0.25, 0.3) is 0 Å². The van der Waals surface area contributed by atoms with Crippen LogP contribution in [0, 0.1) is 0 Å². The largest absolute Gasteiger partial charge is 0.447 e. The molecule has 0 bridgehead atoms. The summed E-state index contributed by atoms with van der Waals surface area (Å²) in [6.07, 6.45) is 0. The van der Waals surface area contributed by atoms with Gasteiger partial charge in [-0.3, -0.25) is 0 Å². The Bertz CT molecular complexity index is 464. The molecule has 0 aliphatic heterocycles. The molecule has 7 nitrogen and oxygen atoms in total. The molecule has 0 radical (unpaired) electrons. The lowest BCUT2D eigenvalue weighted by atomic mass is 10.3. The molecule has 0 atom stereocenters. The van der Waals surface area contributed by atoms with Crippen LogP contribution in [0.3, 0.4) is 0 Å². The second-order valence-electron chi connectivity index (χ2n) is 3.95. The molecule has 1 aromatic rings. The third kappa shape index (κ3) is 3.53. The Morgan fingerprint density at radius 2 is 1.94 bits per heavy atom. The first-order valence-electron chi connectivity index (χ1n) is 5.38. The number of rotatable bonds is 7. The van der Waals surface area contributed by atoms with Crippen LogP contribution >= 0.6 is 0 Å². The van der Waals surface area contributed by atoms with Gasteiger partial charge in [0.15, 0.2) is 0 Å². The third-order valence-corrected chi connectivity index (χ3v) is 4.07. The van der Waals surface area contributed by atoms with Crippen LogP contribution < -0.4 is 5.32 Å². The van der Waals surface area contributed by atoms with E-state index in [4.69, 9.17) is 14.6 Å². The molecule has 0 fully saturated rings. The standard InChI is InChI=1S/C10H18N2O5S/c1-12(2)18(15,16)10-4-3-9(17-10)5-11-8(6-13)7-14/h3-4,8,11,13-14H,5-7H2,1-2H3. The zero-order valence-corrected chi connectivity index (χ0v) is 11.1. The molecule has 1 rings (SSSR count). The molecular formula is C10H18N2O5S. The summed E-state index contributed by atoms with van der Waals surface area (Å²) in [4.78, 5) is 0. The molecule has 104 valence electrons. The van der Waals surface area contributed by atoms with E-state index >= 15 is 0 Å². The second-order valence-corrected chi connectivity index (χ2v) is 6.03. The number of nitrogens with zero attached hydrogens (tertiary/aromatic N) is 1. The molecule has 1 aromatic heterocycles. The van der Waals surface area contributed by atoms with Gasteiger partial charge in [0.05, 0.1) is 25.8 Å². The number of hydrogen-bond donors (Lipinski definition) is 3. The summed E-state index contributed by atoms with van der Waals surface area (Å²) in [5.41, 5.74) is 0. The van der Waals surface area contributed by atoms with E-state index in [2.05, 4.69) is 5.32 Å². The number of aliphatic hydroxyl groups is 2. The van der Waals surface area contributed by atoms with E-state index in [9.17, 15) is 8.42 Å². The molecule has 0 aliphatic rings. The summed E-state index contributed by atoms with van der Waals surface area (Å²) in [6, 6.07) is 2.46. The van der Waals surface area contributed by atoms with Crippen molar-refractivity contribution in [3.8, 4) is 0 Å². The van der Waals surface area contributed by atoms with Gasteiger partial charge in [-0.15, -0.1) is 0 Å². The fourth-order valence-electron chi connectivity index (χ4n) is 1.20. The third-order valence-electron chi connectivity index (χ3n) is 2.38. The number of hydrogen-bond acceptors (Lipinski definition) is 6. The lowest BCUT2D eigenvalue weighted by Gasteiger charge is -2.11. The van der Waals surface area contributed by atoms with E-state index in [0.717, 1.165) is 4.31 Å². The van der Waals surface area contributed by atoms with Crippen molar-refractivity contribution >= 4 is 10.0 Å². The van der Waals surface area contributed by atoms with Crippen LogP contribution in [-0.4, -0.2) is 56.3 Å². The van der Waals surface area contributed by atoms with Gasteiger partial charge in [-0.25, -0.2) is 12.7 Å². The molecule has 0 spiro atoms. The minimum Gasteiger partial charge on any atom is -0.447 e. The second kappa shape index (κ2) is 6.30. The number of furan rings is 1. The molecule has 1 heterocycles. The van der Waals surface area contributed by atoms with E-state index < -0.39 is 16.1 Å². The maximum atomic E-state index is 11.7. The first kappa shape index (κ1) is 15.1. The number of aliphatic hydroxyl groups excluding tert-OH is 2. The Hall–Kier alpha value is -0.930. The molecule has 8 heteroatoms. The highest BCUT2D eigenvalue weighted by Crippen LogP contribution is 2.16. The summed E-state index contributed by atoms with van der Waals surface area (Å²) >= 11 is 0. The molecule has 0 aliphatic carbocycles. The quantitative estimate of drug-likeness (QED) is 0.589. The SMILES string of the molecule is CN(C)S(=O)(=O)c1ccc(CNC(CO)CO)o1. The van der Waals surface area contributed by atoms with Gasteiger partial charge in [0.2, 0.25) is 5.09 Å². The van der Waals surface area contributed by atoms with E-state index in [1.165, 1.54) is 26.2 Å². The van der Waals surface area contributed by atoms with E-state index in [-0.39, 0.29) is 24.9 Å². The zero-order valence-electron chi connectivity index (χ0n) is 10.3. The van der Waals surface area contributed by atoms with Crippen LogP contribution in [0.4, 0.5) is 0 Å². The van der Waals surface area contributed by atoms with Gasteiger partial charge in [0.1, 0.15) is 5.76 Å². The van der Waals surface area contributed by atoms with Gasteiger partial charge in [-0.2, -0.15) is 0 Å². The molecule has 18 heavy (non-hydrogen) atoms. The van der Waals surface area contributed by atoms with Gasteiger partial charge in [-0.05, 0) is 12.1 Å². The van der Waals surface area contributed by atoms with Gasteiger partial charge < -0.3 is 19.9 Å². The summed E-state index contributed by atoms with van der Waals surface area (Å²) in [7, 11) is -0.726. The fraction of sp³-hybridized carbons (Fsp3) is 0.600. The maximum Gasteiger partial charge on any atom is 0.275 e. The summed E-state index contributed by atoms with van der Waals surface area (Å²) in [6.45, 7) is -0.186. The van der Waals surface area contributed by atoms with Crippen molar-refractivity contribution < 1.29 is 23.0 Å². The minimum absolute atomic E-state index is 0.131. The van der Waals surface area contributed by atoms with E-state index in [0.29, 0.717) is 5.76 Å². The predicted octanol–water partition coefficient (Wildman–Crippen LogP) is -1.03. The van der Waals surface area contributed by atoms with Gasteiger partial charge in [-0.1, -0.05) is 0 Å². The Kier molecular flexibility index (Phi) is 5.29. The van der Waals surface area contributed by atoms with Gasteiger partial charge in [0, 0.05) is 14.1 Å². The molecular weight excluding hydrogens is 260 g/mol. The summed E-state index contributed by atoms with van der Waals surface area (Å²) in [5, 5.41) is 20.4. The normalized spacial score (nSPS) is 12.6. The van der Waals surface area contributed by atoms with Gasteiger partial charge in [0.25, 0.3) is 10.0 Å². The fourth-order valence-corrected chi connectivity index (χ4v) is 2.02. The number of sulfonamides is 1. The molecule has 0 aromatic carbocycles. The first-order chi connectivity index (χ1) is 8.41. The lowest BCUT2D eigenvalue weighted by molar-refractivity contribution is 0.168. The van der Waals surface area contributed by atoms with Crippen LogP contribution in [0.5, 0.6) is 0 Å². The van der Waals surface area contributed by atoms with Crippen molar-refractivity contribution in [1.29, 1.82) is 0 Å². The van der Waals surface area contributed by atoms with Crippen LogP contribution in [0.1, 0.15) is 5.76 Å². The highest BCUT2D eigenvalue weighted by molar-refractivity contribution is 7.88. The van der Waals surface area contributed by atoms with Crippen molar-refractivity contribution in [3.63, 3.8) is 0 Å². The van der Waals surface area contributed by atoms with Crippen molar-refractivity contribution in [2.45, 2.75) is 17.7 Å². The van der Waals surface area contributed by atoms with Crippen molar-refractivity contribution in [2.24, 2.45) is 0 Å². The number of nitrogens with one attached hydrogen (secondary N) is 1. The zero-order chi connectivity index (χ0) is 13.8. The highest BCUT2D eigenvalue weighted by atomic mass is 32.2. The van der Waals surface area contributed by atoms with Crippen molar-refractivity contribution in [2.75, 3.05) is 27.3 Å². The Morgan fingerprint density at radius 1 is 1.33 bits per heavy atom. The van der Waals surface area contributed by atoms with E-state index in [1.54, 1.807) is 0 Å². The molecule has 0 saturated heterocycles. The topological polar surface area (TPSA) is 103 Å². The first-order valence-corrected chi connectivity index (χ1v) is 6.82. The predicted molar refractivity (Wildman–Crippen MR) is 64.4 cm³/mol. The minimum atomic E-state index is -3.57. The molecule has 0 saturated carbocycles. The average Bonchev–Trinajstić information content (AvgIpc) is 2.79. The van der Waals surface area contributed by atoms with Crippen LogP contribution in [0.2, 0.25) is 0 Å². The average molecular weight is 278 g/mol. The smallest absolute Gasteiger partial charge is 0.275 e. The summed E-state index contributed by atoms with van der Waals surface area (Å²) < 4.78 is 29.7. The van der Waals surface area contributed by atoms with Crippen LogP contribution in [0.15, 0.2) is 21.6 Å². The van der Waals surface area contributed by atoms with Crippen LogP contribution in [-0.2, 0) is 16.6 Å². The monoisotopic (exact) mass is 278 g/mol. The Balaban J connectivity index is 2.70. The van der Waals surface area contributed by atoms with E-state index in [1.807, 2.05) is 0 Å². The molecule has 3 N–H and O–H groups in total. The summed E-state index contributed by atoms with van der Waals surface area (Å²) in [5.74, 6) is 0.419. The highest BCUT2D eigenvalue weighted by Gasteiger charge is 2.21. The van der Waals surface area contributed by atoms with Crippen molar-refractivity contribution in [1.82, 2.24) is 9.62 Å². The van der Waals surface area contributed by atoms with Crippen molar-refractivity contribution in [3.05, 3.63) is 17.9 Å².